The van der Waals surface area contributed by atoms with Gasteiger partial charge in [-0.2, -0.15) is 0 Å². The number of likely N-dealkylation sites (tertiary alicyclic amines) is 1. The number of amides is 2. The standard InChI is InChI=1S/C26H32N2O5/c1-25(2,3)33-24(31)28-16-26(17-28,12-13-29)15-27-23(30)32-14-22-20-10-6-4-8-18(20)19-9-5-7-11-21(19)22/h4-11,22,29H,12-17H2,1-3H3,(H,27,30). The number of carbonyl (C=O) groups excluding carboxylic acids is 2. The summed E-state index contributed by atoms with van der Waals surface area (Å²) in [5, 5.41) is 12.3. The van der Waals surface area contributed by atoms with E-state index in [1.54, 1.807) is 4.90 Å². The van der Waals surface area contributed by atoms with Crippen molar-refractivity contribution in [3.05, 3.63) is 59.7 Å². The van der Waals surface area contributed by atoms with Crippen LogP contribution in [0, 0.1) is 5.41 Å². The van der Waals surface area contributed by atoms with Crippen LogP contribution in [-0.2, 0) is 9.47 Å². The molecule has 7 heteroatoms. The zero-order valence-electron chi connectivity index (χ0n) is 19.5. The van der Waals surface area contributed by atoms with Crippen LogP contribution in [0.2, 0.25) is 0 Å². The fourth-order valence-corrected chi connectivity index (χ4v) is 4.72. The lowest BCUT2D eigenvalue weighted by Crippen LogP contribution is -2.63. The number of aliphatic hydroxyl groups is 1. The number of nitrogens with zero attached hydrogens (tertiary/aromatic N) is 1. The summed E-state index contributed by atoms with van der Waals surface area (Å²) < 4.78 is 11.0. The van der Waals surface area contributed by atoms with E-state index < -0.39 is 11.7 Å². The molecule has 1 saturated heterocycles. The molecule has 7 nitrogen and oxygen atoms in total. The van der Waals surface area contributed by atoms with E-state index in [0.29, 0.717) is 26.1 Å². The second kappa shape index (κ2) is 9.06. The number of fused-ring (bicyclic) bond motifs is 3. The molecule has 4 rings (SSSR count). The molecule has 176 valence electrons. The molecule has 1 aliphatic heterocycles. The first-order chi connectivity index (χ1) is 15.7. The van der Waals surface area contributed by atoms with Crippen molar-refractivity contribution in [2.45, 2.75) is 38.7 Å². The summed E-state index contributed by atoms with van der Waals surface area (Å²) in [7, 11) is 0. The maximum Gasteiger partial charge on any atom is 0.410 e. The smallest absolute Gasteiger partial charge is 0.410 e. The topological polar surface area (TPSA) is 88.1 Å². The maximum atomic E-state index is 12.5. The number of aliphatic hydroxyl groups excluding tert-OH is 1. The van der Waals surface area contributed by atoms with Crippen molar-refractivity contribution in [1.82, 2.24) is 10.2 Å². The van der Waals surface area contributed by atoms with E-state index in [0.717, 1.165) is 11.1 Å². The van der Waals surface area contributed by atoms with Crippen LogP contribution in [0.5, 0.6) is 0 Å². The lowest BCUT2D eigenvalue weighted by atomic mass is 9.77. The van der Waals surface area contributed by atoms with Crippen LogP contribution in [0.3, 0.4) is 0 Å². The van der Waals surface area contributed by atoms with Gasteiger partial charge in [0.1, 0.15) is 12.2 Å². The van der Waals surface area contributed by atoms with Crippen molar-refractivity contribution in [1.29, 1.82) is 0 Å². The maximum absolute atomic E-state index is 12.5. The first kappa shape index (κ1) is 23.1. The highest BCUT2D eigenvalue weighted by Gasteiger charge is 2.46. The Balaban J connectivity index is 1.32. The molecule has 0 unspecified atom stereocenters. The number of ether oxygens (including phenoxy) is 2. The Morgan fingerprint density at radius 3 is 2.18 bits per heavy atom. The molecule has 33 heavy (non-hydrogen) atoms. The highest BCUT2D eigenvalue weighted by Crippen LogP contribution is 2.44. The third-order valence-corrected chi connectivity index (χ3v) is 6.30. The van der Waals surface area contributed by atoms with Crippen LogP contribution >= 0.6 is 0 Å². The molecule has 0 radical (unpaired) electrons. The lowest BCUT2D eigenvalue weighted by Gasteiger charge is -2.49. The lowest BCUT2D eigenvalue weighted by molar-refractivity contribution is -0.0417. The van der Waals surface area contributed by atoms with Gasteiger partial charge in [0.25, 0.3) is 0 Å². The summed E-state index contributed by atoms with van der Waals surface area (Å²) >= 11 is 0. The number of hydrogen-bond donors (Lipinski definition) is 2. The summed E-state index contributed by atoms with van der Waals surface area (Å²) in [5.74, 6) is 0.000847. The Hall–Kier alpha value is -3.06. The van der Waals surface area contributed by atoms with Gasteiger partial charge in [0.15, 0.2) is 0 Å². The number of rotatable bonds is 6. The highest BCUT2D eigenvalue weighted by molar-refractivity contribution is 5.79. The van der Waals surface area contributed by atoms with Crippen LogP contribution < -0.4 is 5.32 Å². The molecule has 0 saturated carbocycles. The van der Waals surface area contributed by atoms with Gasteiger partial charge in [-0.05, 0) is 49.4 Å². The van der Waals surface area contributed by atoms with E-state index in [4.69, 9.17) is 9.47 Å². The van der Waals surface area contributed by atoms with Crippen LogP contribution in [0.15, 0.2) is 48.5 Å². The van der Waals surface area contributed by atoms with Crippen molar-refractivity contribution >= 4 is 12.2 Å². The van der Waals surface area contributed by atoms with Crippen molar-refractivity contribution in [3.8, 4) is 11.1 Å². The first-order valence-electron chi connectivity index (χ1n) is 11.4. The Labute approximate surface area is 194 Å². The largest absolute Gasteiger partial charge is 0.449 e. The molecule has 1 aliphatic carbocycles. The Kier molecular flexibility index (Phi) is 6.34. The minimum absolute atomic E-state index is 0.000847. The van der Waals surface area contributed by atoms with Gasteiger partial charge in [-0.15, -0.1) is 0 Å². The summed E-state index contributed by atoms with van der Waals surface area (Å²) in [6.45, 7) is 6.87. The average Bonchev–Trinajstić information content (AvgIpc) is 3.06. The monoisotopic (exact) mass is 452 g/mol. The fourth-order valence-electron chi connectivity index (χ4n) is 4.72. The molecule has 2 aliphatic rings. The van der Waals surface area contributed by atoms with Gasteiger partial charge in [0, 0.05) is 37.6 Å². The quantitative estimate of drug-likeness (QED) is 0.688. The average molecular weight is 453 g/mol. The van der Waals surface area contributed by atoms with Gasteiger partial charge in [0.05, 0.1) is 0 Å². The zero-order valence-corrected chi connectivity index (χ0v) is 19.5. The van der Waals surface area contributed by atoms with Crippen LogP contribution in [0.4, 0.5) is 9.59 Å². The molecule has 2 aromatic rings. The number of alkyl carbamates (subject to hydrolysis) is 1. The molecule has 1 fully saturated rings. The highest BCUT2D eigenvalue weighted by atomic mass is 16.6. The van der Waals surface area contributed by atoms with E-state index in [9.17, 15) is 14.7 Å². The molecule has 1 heterocycles. The van der Waals surface area contributed by atoms with Gasteiger partial charge in [0.2, 0.25) is 0 Å². The molecular weight excluding hydrogens is 420 g/mol. The Bertz CT molecular complexity index is 978. The number of hydrogen-bond acceptors (Lipinski definition) is 5. The van der Waals surface area contributed by atoms with Gasteiger partial charge in [-0.25, -0.2) is 9.59 Å². The van der Waals surface area contributed by atoms with Crippen molar-refractivity contribution in [3.63, 3.8) is 0 Å². The predicted molar refractivity (Wildman–Crippen MR) is 125 cm³/mol. The predicted octanol–water partition coefficient (Wildman–Crippen LogP) is 4.14. The molecule has 0 bridgehead atoms. The molecule has 0 spiro atoms. The van der Waals surface area contributed by atoms with Crippen molar-refractivity contribution in [2.24, 2.45) is 5.41 Å². The molecule has 0 aromatic heterocycles. The van der Waals surface area contributed by atoms with Crippen LogP contribution in [0.1, 0.15) is 44.2 Å². The van der Waals surface area contributed by atoms with Crippen molar-refractivity contribution in [2.75, 3.05) is 32.8 Å². The minimum atomic E-state index is -0.564. The minimum Gasteiger partial charge on any atom is -0.449 e. The number of benzene rings is 2. The molecule has 2 amide bonds. The van der Waals surface area contributed by atoms with Crippen molar-refractivity contribution < 1.29 is 24.2 Å². The van der Waals surface area contributed by atoms with E-state index in [2.05, 4.69) is 29.6 Å². The first-order valence-corrected chi connectivity index (χ1v) is 11.4. The number of nitrogens with one attached hydrogen (secondary N) is 1. The van der Waals surface area contributed by atoms with Crippen LogP contribution in [-0.4, -0.2) is 60.6 Å². The fraction of sp³-hybridized carbons (Fsp3) is 0.462. The normalized spacial score (nSPS) is 16.4. The van der Waals surface area contributed by atoms with Gasteiger partial charge >= 0.3 is 12.2 Å². The molecule has 0 atom stereocenters. The summed E-state index contributed by atoms with van der Waals surface area (Å²) in [6, 6.07) is 16.4. The third-order valence-electron chi connectivity index (χ3n) is 6.30. The Morgan fingerprint density at radius 1 is 1.06 bits per heavy atom. The van der Waals surface area contributed by atoms with Gasteiger partial charge < -0.3 is 24.8 Å². The molecular formula is C26H32N2O5. The Morgan fingerprint density at radius 2 is 1.64 bits per heavy atom. The third kappa shape index (κ3) is 4.98. The molecule has 2 aromatic carbocycles. The summed E-state index contributed by atoms with van der Waals surface area (Å²) in [4.78, 5) is 26.4. The van der Waals surface area contributed by atoms with Crippen LogP contribution in [0.25, 0.3) is 11.1 Å². The summed E-state index contributed by atoms with van der Waals surface area (Å²) in [6.07, 6.45) is -0.391. The van der Waals surface area contributed by atoms with E-state index in [1.165, 1.54) is 11.1 Å². The second-order valence-corrected chi connectivity index (χ2v) is 9.99. The second-order valence-electron chi connectivity index (χ2n) is 9.99. The van der Waals surface area contributed by atoms with Gasteiger partial charge in [-0.3, -0.25) is 0 Å². The SMILES string of the molecule is CC(C)(C)OC(=O)N1CC(CCO)(CNC(=O)OCC2c3ccccc3-c3ccccc32)C1. The zero-order chi connectivity index (χ0) is 23.6. The van der Waals surface area contributed by atoms with E-state index in [-0.39, 0.29) is 30.6 Å². The summed E-state index contributed by atoms with van der Waals surface area (Å²) in [5.41, 5.74) is 3.75. The number of carbonyl (C=O) groups is 2. The van der Waals surface area contributed by atoms with Gasteiger partial charge in [-0.1, -0.05) is 48.5 Å². The molecule has 2 N–H and O–H groups in total. The van der Waals surface area contributed by atoms with E-state index >= 15 is 0 Å². The van der Waals surface area contributed by atoms with E-state index in [1.807, 2.05) is 45.0 Å².